The van der Waals surface area contributed by atoms with Crippen LogP contribution in [0.1, 0.15) is 65.4 Å². The van der Waals surface area contributed by atoms with Gasteiger partial charge in [0.15, 0.2) is 17.2 Å². The van der Waals surface area contributed by atoms with Crippen LogP contribution in [0.5, 0.6) is 5.75 Å². The third-order valence-corrected chi connectivity index (χ3v) is 7.52. The Hall–Kier alpha value is -3.07. The lowest BCUT2D eigenvalue weighted by Crippen LogP contribution is -2.66. The number of aromatic nitrogens is 1. The minimum Gasteiger partial charge on any atom is -0.503 e. The quantitative estimate of drug-likeness (QED) is 0.678. The molecule has 1 aromatic heterocycles. The number of halogens is 2. The van der Waals surface area contributed by atoms with Gasteiger partial charge in [0.2, 0.25) is 5.43 Å². The van der Waals surface area contributed by atoms with Crippen molar-refractivity contribution < 1.29 is 23.5 Å². The molecule has 0 bridgehead atoms. The first-order valence-corrected chi connectivity index (χ1v) is 11.8. The van der Waals surface area contributed by atoms with Crippen molar-refractivity contribution in [3.05, 3.63) is 63.1 Å². The Kier molecular flexibility index (Phi) is 5.75. The van der Waals surface area contributed by atoms with Gasteiger partial charge in [0.05, 0.1) is 12.1 Å². The molecule has 180 valence electrons. The van der Waals surface area contributed by atoms with Gasteiger partial charge in [-0.25, -0.2) is 8.78 Å². The molecule has 1 amide bonds. The number of nitrogens with zero attached hydrogens (tertiary/aromatic N) is 3. The van der Waals surface area contributed by atoms with Crippen LogP contribution in [0.15, 0.2) is 29.2 Å². The summed E-state index contributed by atoms with van der Waals surface area (Å²) in [5, 5.41) is 10.7. The number of amides is 1. The second kappa shape index (κ2) is 8.61. The fourth-order valence-corrected chi connectivity index (χ4v) is 5.37. The number of rotatable bonds is 5. The number of Topliss-reactive ketones (excluding diaryl/α,β-unsaturated/α-hetero) is 1. The van der Waals surface area contributed by atoms with E-state index in [2.05, 4.69) is 4.90 Å². The van der Waals surface area contributed by atoms with Gasteiger partial charge in [0.1, 0.15) is 17.8 Å². The summed E-state index contributed by atoms with van der Waals surface area (Å²) >= 11 is 0. The maximum Gasteiger partial charge on any atom is 0.276 e. The number of pyridine rings is 1. The Morgan fingerprint density at radius 3 is 2.62 bits per heavy atom. The molecule has 0 radical (unpaired) electrons. The zero-order valence-electron chi connectivity index (χ0n) is 19.0. The molecule has 1 aromatic carbocycles. The van der Waals surface area contributed by atoms with Crippen LogP contribution < -0.4 is 5.43 Å². The SMILES string of the molecule is C[C@H]1CCN(C2CCC2)[C@@H]2Cn3cc(C(=O)CCc4ccc(F)cc4F)c(=O)c(O)c3C(=O)N12. The van der Waals surface area contributed by atoms with E-state index >= 15 is 0 Å². The van der Waals surface area contributed by atoms with Crippen LogP contribution in [-0.2, 0) is 13.0 Å². The van der Waals surface area contributed by atoms with Gasteiger partial charge in [-0.3, -0.25) is 19.3 Å². The molecule has 0 spiro atoms. The molecule has 2 aromatic rings. The van der Waals surface area contributed by atoms with Crippen molar-refractivity contribution in [2.24, 2.45) is 0 Å². The van der Waals surface area contributed by atoms with E-state index in [0.29, 0.717) is 12.6 Å². The van der Waals surface area contributed by atoms with E-state index in [1.54, 1.807) is 4.90 Å². The summed E-state index contributed by atoms with van der Waals surface area (Å²) in [6.07, 6.45) is 5.09. The summed E-state index contributed by atoms with van der Waals surface area (Å²) < 4.78 is 28.6. The number of ketones is 1. The summed E-state index contributed by atoms with van der Waals surface area (Å²) in [5.41, 5.74) is -1.06. The minimum atomic E-state index is -0.900. The van der Waals surface area contributed by atoms with Crippen molar-refractivity contribution in [3.63, 3.8) is 0 Å². The van der Waals surface area contributed by atoms with Crippen molar-refractivity contribution in [2.45, 2.75) is 70.2 Å². The summed E-state index contributed by atoms with van der Waals surface area (Å²) in [5.74, 6) is -3.17. The normalized spacial score (nSPS) is 22.8. The number of fused-ring (bicyclic) bond motifs is 2. The summed E-state index contributed by atoms with van der Waals surface area (Å²) in [6, 6.07) is 3.51. The molecule has 7 nitrogen and oxygen atoms in total. The summed E-state index contributed by atoms with van der Waals surface area (Å²) in [6.45, 7) is 3.19. The van der Waals surface area contributed by atoms with Crippen LogP contribution in [0, 0.1) is 11.6 Å². The van der Waals surface area contributed by atoms with E-state index < -0.39 is 34.5 Å². The fourth-order valence-electron chi connectivity index (χ4n) is 5.37. The van der Waals surface area contributed by atoms with Crippen molar-refractivity contribution in [2.75, 3.05) is 6.54 Å². The third-order valence-electron chi connectivity index (χ3n) is 7.52. The first-order chi connectivity index (χ1) is 16.3. The molecule has 1 saturated heterocycles. The molecule has 5 rings (SSSR count). The molecule has 2 atom stereocenters. The van der Waals surface area contributed by atoms with Crippen LogP contribution in [0.25, 0.3) is 0 Å². The lowest BCUT2D eigenvalue weighted by atomic mass is 9.89. The number of hydrogen-bond donors (Lipinski definition) is 1. The zero-order chi connectivity index (χ0) is 24.1. The summed E-state index contributed by atoms with van der Waals surface area (Å²) in [4.78, 5) is 43.2. The third kappa shape index (κ3) is 3.72. The minimum absolute atomic E-state index is 0.0186. The number of benzene rings is 1. The number of hydrogen-bond acceptors (Lipinski definition) is 5. The maximum absolute atomic E-state index is 13.9. The van der Waals surface area contributed by atoms with Gasteiger partial charge in [-0.1, -0.05) is 12.5 Å². The monoisotopic (exact) mass is 471 g/mol. The number of aromatic hydroxyl groups is 1. The Balaban J connectivity index is 1.45. The van der Waals surface area contributed by atoms with Gasteiger partial charge in [-0.15, -0.1) is 0 Å². The lowest BCUT2D eigenvalue weighted by Gasteiger charge is -2.54. The predicted octanol–water partition coefficient (Wildman–Crippen LogP) is 3.08. The van der Waals surface area contributed by atoms with Gasteiger partial charge in [0.25, 0.3) is 5.91 Å². The van der Waals surface area contributed by atoms with Gasteiger partial charge >= 0.3 is 0 Å². The molecule has 1 N–H and O–H groups in total. The highest BCUT2D eigenvalue weighted by Gasteiger charge is 2.46. The van der Waals surface area contributed by atoms with Crippen molar-refractivity contribution in [3.8, 4) is 5.75 Å². The van der Waals surface area contributed by atoms with Crippen LogP contribution in [0.4, 0.5) is 8.78 Å². The van der Waals surface area contributed by atoms with E-state index in [0.717, 1.165) is 44.4 Å². The second-order valence-corrected chi connectivity index (χ2v) is 9.53. The second-order valence-electron chi connectivity index (χ2n) is 9.53. The molecular formula is C25H27F2N3O4. The van der Waals surface area contributed by atoms with Gasteiger partial charge in [-0.05, 0) is 44.2 Å². The van der Waals surface area contributed by atoms with Crippen molar-refractivity contribution in [1.82, 2.24) is 14.4 Å². The zero-order valence-corrected chi connectivity index (χ0v) is 19.0. The molecule has 0 unspecified atom stereocenters. The van der Waals surface area contributed by atoms with Gasteiger partial charge in [0, 0.05) is 37.3 Å². The molecule has 2 fully saturated rings. The van der Waals surface area contributed by atoms with Crippen LogP contribution in [0.3, 0.4) is 0 Å². The molecule has 3 heterocycles. The predicted molar refractivity (Wildman–Crippen MR) is 120 cm³/mol. The number of carbonyl (C=O) groups excluding carboxylic acids is 2. The van der Waals surface area contributed by atoms with Crippen molar-refractivity contribution in [1.29, 1.82) is 0 Å². The van der Waals surface area contributed by atoms with E-state index in [1.807, 2.05) is 6.92 Å². The van der Waals surface area contributed by atoms with Crippen LogP contribution in [-0.4, -0.2) is 56.0 Å². The number of carbonyl (C=O) groups is 2. The average molecular weight is 472 g/mol. The maximum atomic E-state index is 13.9. The highest BCUT2D eigenvalue weighted by Crippen LogP contribution is 2.36. The highest BCUT2D eigenvalue weighted by molar-refractivity contribution is 6.00. The molecule has 3 aliphatic rings. The van der Waals surface area contributed by atoms with Crippen LogP contribution >= 0.6 is 0 Å². The van der Waals surface area contributed by atoms with E-state index in [9.17, 15) is 28.3 Å². The Morgan fingerprint density at radius 1 is 1.18 bits per heavy atom. The molecular weight excluding hydrogens is 444 g/mol. The first-order valence-electron chi connectivity index (χ1n) is 11.8. The average Bonchev–Trinajstić information content (AvgIpc) is 2.75. The first kappa shape index (κ1) is 22.7. The molecule has 9 heteroatoms. The van der Waals surface area contributed by atoms with Crippen LogP contribution in [0.2, 0.25) is 0 Å². The highest BCUT2D eigenvalue weighted by atomic mass is 19.1. The Bertz CT molecular complexity index is 1220. The van der Waals surface area contributed by atoms with Crippen molar-refractivity contribution >= 4 is 11.7 Å². The van der Waals surface area contributed by atoms with Gasteiger partial charge < -0.3 is 14.6 Å². The topological polar surface area (TPSA) is 82.9 Å². The molecule has 1 aliphatic carbocycles. The van der Waals surface area contributed by atoms with E-state index in [-0.39, 0.29) is 41.9 Å². The van der Waals surface area contributed by atoms with E-state index in [4.69, 9.17) is 0 Å². The lowest BCUT2D eigenvalue weighted by molar-refractivity contribution is -0.0661. The molecule has 1 saturated carbocycles. The Morgan fingerprint density at radius 2 is 1.94 bits per heavy atom. The number of aryl methyl sites for hydroxylation is 1. The van der Waals surface area contributed by atoms with E-state index in [1.165, 1.54) is 16.8 Å². The molecule has 2 aliphatic heterocycles. The summed E-state index contributed by atoms with van der Waals surface area (Å²) in [7, 11) is 0. The standard InChI is InChI=1S/C25H27F2N3O4/c1-14-9-10-29(17-3-2-4-17)21-13-28-12-18(23(32)24(33)22(28)25(34)30(14)21)20(31)8-6-15-5-7-16(26)11-19(15)27/h5,7,11-12,14,17,21,33H,2-4,6,8-10,13H2,1H3/t14-,21-/m0/s1. The Labute approximate surface area is 195 Å². The smallest absolute Gasteiger partial charge is 0.276 e. The molecule has 34 heavy (non-hydrogen) atoms. The van der Waals surface area contributed by atoms with Gasteiger partial charge in [-0.2, -0.15) is 0 Å². The fraction of sp³-hybridized carbons (Fsp3) is 0.480. The largest absolute Gasteiger partial charge is 0.503 e.